The van der Waals surface area contributed by atoms with Crippen LogP contribution in [-0.4, -0.2) is 63.7 Å². The van der Waals surface area contributed by atoms with Crippen LogP contribution >= 0.6 is 0 Å². The monoisotopic (exact) mass is 507 g/mol. The van der Waals surface area contributed by atoms with E-state index >= 15 is 0 Å². The second-order valence-electron chi connectivity index (χ2n) is 10.2. The summed E-state index contributed by atoms with van der Waals surface area (Å²) < 4.78 is 14.6. The summed E-state index contributed by atoms with van der Waals surface area (Å²) >= 11 is 0. The number of fused-ring (bicyclic) bond motifs is 6. The quantitative estimate of drug-likeness (QED) is 0.369. The molecular weight excluding hydrogens is 478 g/mol. The van der Waals surface area contributed by atoms with E-state index in [1.54, 1.807) is 6.33 Å². The van der Waals surface area contributed by atoms with E-state index in [9.17, 15) is 0 Å². The molecule has 4 heterocycles. The van der Waals surface area contributed by atoms with Gasteiger partial charge in [-0.3, -0.25) is 0 Å². The second kappa shape index (κ2) is 8.88. The fourth-order valence-corrected chi connectivity index (χ4v) is 5.51. The summed E-state index contributed by atoms with van der Waals surface area (Å²) in [5.41, 5.74) is 5.87. The molecule has 1 atom stereocenters. The molecule has 5 aromatic rings. The number of nitrogens with one attached hydrogen (secondary N) is 1. The molecule has 2 aliphatic rings. The molecule has 0 spiro atoms. The summed E-state index contributed by atoms with van der Waals surface area (Å²) in [6, 6.07) is 16.5. The number of nitrogens with zero attached hydrogens (tertiary/aromatic N) is 6. The van der Waals surface area contributed by atoms with Crippen molar-refractivity contribution in [3.05, 3.63) is 66.7 Å². The maximum Gasteiger partial charge on any atom is 0.155 e. The molecule has 7 rings (SSSR count). The Morgan fingerprint density at radius 1 is 0.974 bits per heavy atom. The standard InChI is InChI=1S/C29H29N7O2/c1-18-12-19(4-9-26(18)38-21-5-7-24-23(13-21)32-17-35(24)3)33-29-27-22(30-16-31-29)6-8-25-28(27)37-15-20-14-34(2)10-11-36(20)25/h4-9,12-13,16-17,20H,10-11,14-15H2,1-3H3,(H,30,31,33)/t20-/m1/s1. The number of likely N-dealkylation sites (N-methyl/N-ethyl adjacent to an activating group) is 1. The summed E-state index contributed by atoms with van der Waals surface area (Å²) in [4.78, 5) is 18.4. The Bertz CT molecular complexity index is 1680. The van der Waals surface area contributed by atoms with Crippen molar-refractivity contribution in [1.82, 2.24) is 24.4 Å². The van der Waals surface area contributed by atoms with Crippen LogP contribution in [-0.2, 0) is 7.05 Å². The fourth-order valence-electron chi connectivity index (χ4n) is 5.51. The first-order valence-corrected chi connectivity index (χ1v) is 12.9. The lowest BCUT2D eigenvalue weighted by Crippen LogP contribution is -2.56. The SMILES string of the molecule is Cc1cc(Nc2ncnc3ccc4c(c23)OC[C@H]2CN(C)CCN42)ccc1Oc1ccc2c(c1)ncn2C. The van der Waals surface area contributed by atoms with Crippen LogP contribution in [0.2, 0.25) is 0 Å². The summed E-state index contributed by atoms with van der Waals surface area (Å²) in [7, 11) is 4.15. The molecule has 1 N–H and O–H groups in total. The largest absolute Gasteiger partial charge is 0.488 e. The zero-order chi connectivity index (χ0) is 25.8. The highest BCUT2D eigenvalue weighted by Gasteiger charge is 2.33. The minimum Gasteiger partial charge on any atom is -0.488 e. The number of ether oxygens (including phenoxy) is 2. The highest BCUT2D eigenvalue weighted by Crippen LogP contribution is 2.43. The van der Waals surface area contributed by atoms with Crippen LogP contribution in [0, 0.1) is 6.92 Å². The van der Waals surface area contributed by atoms with Gasteiger partial charge in [-0.05, 0) is 62.0 Å². The van der Waals surface area contributed by atoms with Crippen molar-refractivity contribution in [3.8, 4) is 17.2 Å². The van der Waals surface area contributed by atoms with Gasteiger partial charge in [0.2, 0.25) is 0 Å². The smallest absolute Gasteiger partial charge is 0.155 e. The first-order valence-electron chi connectivity index (χ1n) is 12.9. The average molecular weight is 508 g/mol. The molecule has 0 bridgehead atoms. The molecule has 192 valence electrons. The first kappa shape index (κ1) is 22.8. The predicted octanol–water partition coefficient (Wildman–Crippen LogP) is 4.87. The van der Waals surface area contributed by atoms with E-state index in [4.69, 9.17) is 9.47 Å². The van der Waals surface area contributed by atoms with Crippen LogP contribution in [0.25, 0.3) is 21.9 Å². The molecule has 9 heteroatoms. The molecule has 38 heavy (non-hydrogen) atoms. The highest BCUT2D eigenvalue weighted by atomic mass is 16.5. The summed E-state index contributed by atoms with van der Waals surface area (Å²) in [5, 5.41) is 4.42. The number of benzene rings is 3. The van der Waals surface area contributed by atoms with Crippen molar-refractivity contribution < 1.29 is 9.47 Å². The topological polar surface area (TPSA) is 80.6 Å². The Labute approximate surface area is 220 Å². The third kappa shape index (κ3) is 3.86. The van der Waals surface area contributed by atoms with Crippen molar-refractivity contribution in [2.24, 2.45) is 7.05 Å². The van der Waals surface area contributed by atoms with Crippen LogP contribution in [0.3, 0.4) is 0 Å². The van der Waals surface area contributed by atoms with Crippen molar-refractivity contribution in [3.63, 3.8) is 0 Å². The highest BCUT2D eigenvalue weighted by molar-refractivity contribution is 6.00. The maximum atomic E-state index is 6.36. The fraction of sp³-hybridized carbons (Fsp3) is 0.276. The normalized spacial score (nSPS) is 17.2. The first-order chi connectivity index (χ1) is 18.5. The molecule has 2 aliphatic heterocycles. The molecule has 0 saturated carbocycles. The number of imidazole rings is 1. The minimum atomic E-state index is 0.355. The van der Waals surface area contributed by atoms with Gasteiger partial charge in [-0.15, -0.1) is 0 Å². The van der Waals surface area contributed by atoms with Gasteiger partial charge in [0.25, 0.3) is 0 Å². The van der Waals surface area contributed by atoms with Gasteiger partial charge in [-0.2, -0.15) is 0 Å². The van der Waals surface area contributed by atoms with Crippen molar-refractivity contribution in [2.45, 2.75) is 13.0 Å². The van der Waals surface area contributed by atoms with Crippen LogP contribution < -0.4 is 19.7 Å². The lowest BCUT2D eigenvalue weighted by atomic mass is 10.1. The Morgan fingerprint density at radius 2 is 1.89 bits per heavy atom. The number of anilines is 3. The number of hydrogen-bond acceptors (Lipinski definition) is 8. The Hall–Kier alpha value is -4.37. The van der Waals surface area contributed by atoms with Crippen molar-refractivity contribution in [1.29, 1.82) is 0 Å². The molecule has 0 unspecified atom stereocenters. The molecule has 0 radical (unpaired) electrons. The van der Waals surface area contributed by atoms with Crippen molar-refractivity contribution >= 4 is 39.1 Å². The van der Waals surface area contributed by atoms with Gasteiger partial charge >= 0.3 is 0 Å². The average Bonchev–Trinajstić information content (AvgIpc) is 3.29. The van der Waals surface area contributed by atoms with Gasteiger partial charge in [0.05, 0.1) is 40.0 Å². The number of aromatic nitrogens is 4. The third-order valence-electron chi connectivity index (χ3n) is 7.51. The minimum absolute atomic E-state index is 0.355. The number of rotatable bonds is 4. The molecule has 9 nitrogen and oxygen atoms in total. The lowest BCUT2D eigenvalue weighted by Gasteiger charge is -2.44. The molecule has 3 aromatic carbocycles. The van der Waals surface area contributed by atoms with Crippen LogP contribution in [0.15, 0.2) is 61.2 Å². The molecule has 0 amide bonds. The van der Waals surface area contributed by atoms with E-state index in [1.807, 2.05) is 55.2 Å². The van der Waals surface area contributed by atoms with E-state index in [2.05, 4.69) is 55.3 Å². The zero-order valence-electron chi connectivity index (χ0n) is 21.7. The van der Waals surface area contributed by atoms with E-state index < -0.39 is 0 Å². The third-order valence-corrected chi connectivity index (χ3v) is 7.51. The Balaban J connectivity index is 1.18. The Kier molecular flexibility index (Phi) is 5.33. The van der Waals surface area contributed by atoms with Crippen molar-refractivity contribution in [2.75, 3.05) is 43.5 Å². The second-order valence-corrected chi connectivity index (χ2v) is 10.2. The number of piperazine rings is 1. The summed E-state index contributed by atoms with van der Waals surface area (Å²) in [5.74, 6) is 3.13. The Morgan fingerprint density at radius 3 is 2.79 bits per heavy atom. The van der Waals surface area contributed by atoms with Gasteiger partial charge in [-0.1, -0.05) is 0 Å². The summed E-state index contributed by atoms with van der Waals surface area (Å²) in [6.07, 6.45) is 3.40. The van der Waals surface area contributed by atoms with Gasteiger partial charge < -0.3 is 29.2 Å². The van der Waals surface area contributed by atoms with Gasteiger partial charge in [0.15, 0.2) is 5.75 Å². The van der Waals surface area contributed by atoms with Gasteiger partial charge in [-0.25, -0.2) is 15.0 Å². The number of aryl methyl sites for hydroxylation is 2. The van der Waals surface area contributed by atoms with Crippen LogP contribution in [0.1, 0.15) is 5.56 Å². The molecule has 1 fully saturated rings. The van der Waals surface area contributed by atoms with Crippen LogP contribution in [0.4, 0.5) is 17.2 Å². The maximum absolute atomic E-state index is 6.36. The summed E-state index contributed by atoms with van der Waals surface area (Å²) in [6.45, 7) is 5.70. The van der Waals surface area contributed by atoms with E-state index in [0.29, 0.717) is 12.6 Å². The lowest BCUT2D eigenvalue weighted by molar-refractivity contribution is 0.190. The predicted molar refractivity (Wildman–Crippen MR) is 149 cm³/mol. The molecule has 0 aliphatic carbocycles. The van der Waals surface area contributed by atoms with E-state index in [0.717, 1.165) is 81.6 Å². The van der Waals surface area contributed by atoms with E-state index in [1.165, 1.54) is 0 Å². The van der Waals surface area contributed by atoms with Crippen LogP contribution in [0.5, 0.6) is 17.2 Å². The van der Waals surface area contributed by atoms with Gasteiger partial charge in [0.1, 0.15) is 30.3 Å². The van der Waals surface area contributed by atoms with Gasteiger partial charge in [0, 0.05) is 38.4 Å². The molecule has 2 aromatic heterocycles. The molecule has 1 saturated heterocycles. The molecular formula is C29H29N7O2. The van der Waals surface area contributed by atoms with E-state index in [-0.39, 0.29) is 0 Å². The number of hydrogen-bond donors (Lipinski definition) is 1. The zero-order valence-corrected chi connectivity index (χ0v) is 21.7.